The first-order chi connectivity index (χ1) is 9.28. The number of nitrogens with zero attached hydrogens (tertiary/aromatic N) is 4. The number of hydrogen-bond acceptors (Lipinski definition) is 4. The number of aromatic nitrogens is 3. The third kappa shape index (κ3) is 3.05. The van der Waals surface area contributed by atoms with Gasteiger partial charge in [-0.15, -0.1) is 5.10 Å². The highest BCUT2D eigenvalue weighted by molar-refractivity contribution is 5.75. The molecule has 1 amide bonds. The van der Waals surface area contributed by atoms with Crippen molar-refractivity contribution in [2.24, 2.45) is 0 Å². The maximum atomic E-state index is 12.0. The maximum absolute atomic E-state index is 12.0. The molecule has 0 saturated heterocycles. The van der Waals surface area contributed by atoms with Gasteiger partial charge in [0.2, 0.25) is 5.91 Å². The number of likely N-dealkylation sites (N-methyl/N-ethyl adjacent to an activating group) is 1. The SMILES string of the molecule is CN(CC(C)(C)O)C(=O)Cn1nc2ccccn2c1=O. The lowest BCUT2D eigenvalue weighted by atomic mass is 10.1. The van der Waals surface area contributed by atoms with Gasteiger partial charge in [0, 0.05) is 19.8 Å². The minimum atomic E-state index is -0.978. The van der Waals surface area contributed by atoms with E-state index in [1.54, 1.807) is 45.3 Å². The molecule has 7 nitrogen and oxygen atoms in total. The van der Waals surface area contributed by atoms with E-state index in [9.17, 15) is 14.7 Å². The molecule has 0 radical (unpaired) electrons. The summed E-state index contributed by atoms with van der Waals surface area (Å²) in [5.74, 6) is -0.280. The Kier molecular flexibility index (Phi) is 3.63. The fourth-order valence-corrected chi connectivity index (χ4v) is 1.99. The van der Waals surface area contributed by atoms with E-state index in [4.69, 9.17) is 0 Å². The van der Waals surface area contributed by atoms with Crippen LogP contribution in [0, 0.1) is 0 Å². The Morgan fingerprint density at radius 1 is 1.45 bits per heavy atom. The van der Waals surface area contributed by atoms with Gasteiger partial charge in [0.1, 0.15) is 6.54 Å². The van der Waals surface area contributed by atoms with Crippen LogP contribution in [0.3, 0.4) is 0 Å². The molecule has 0 aromatic carbocycles. The van der Waals surface area contributed by atoms with Gasteiger partial charge in [-0.1, -0.05) is 6.07 Å². The number of rotatable bonds is 4. The Hall–Kier alpha value is -2.15. The van der Waals surface area contributed by atoms with Gasteiger partial charge in [0.25, 0.3) is 0 Å². The third-order valence-corrected chi connectivity index (χ3v) is 2.82. The molecule has 0 aliphatic carbocycles. The van der Waals surface area contributed by atoms with Crippen LogP contribution in [0.4, 0.5) is 0 Å². The van der Waals surface area contributed by atoms with Crippen molar-refractivity contribution in [1.29, 1.82) is 0 Å². The van der Waals surface area contributed by atoms with Crippen LogP contribution in [0.15, 0.2) is 29.2 Å². The summed E-state index contributed by atoms with van der Waals surface area (Å²) in [6.45, 7) is 3.28. The van der Waals surface area contributed by atoms with Gasteiger partial charge in [-0.2, -0.15) is 0 Å². The molecule has 2 aromatic heterocycles. The van der Waals surface area contributed by atoms with Gasteiger partial charge < -0.3 is 10.0 Å². The van der Waals surface area contributed by atoms with Crippen LogP contribution in [-0.4, -0.2) is 49.3 Å². The molecular formula is C13H18N4O3. The minimum Gasteiger partial charge on any atom is -0.389 e. The van der Waals surface area contributed by atoms with E-state index in [0.29, 0.717) is 5.65 Å². The lowest BCUT2D eigenvalue weighted by Gasteiger charge is -2.25. The zero-order chi connectivity index (χ0) is 14.9. The Morgan fingerprint density at radius 3 is 2.75 bits per heavy atom. The largest absolute Gasteiger partial charge is 0.389 e. The van der Waals surface area contributed by atoms with Crippen molar-refractivity contribution in [3.8, 4) is 0 Å². The zero-order valence-electron chi connectivity index (χ0n) is 11.8. The van der Waals surface area contributed by atoms with E-state index in [2.05, 4.69) is 5.10 Å². The normalized spacial score (nSPS) is 11.8. The fourth-order valence-electron chi connectivity index (χ4n) is 1.99. The highest BCUT2D eigenvalue weighted by Gasteiger charge is 2.20. The van der Waals surface area contributed by atoms with Crippen LogP contribution in [-0.2, 0) is 11.3 Å². The lowest BCUT2D eigenvalue weighted by molar-refractivity contribution is -0.133. The molecule has 7 heteroatoms. The van der Waals surface area contributed by atoms with E-state index >= 15 is 0 Å². The highest BCUT2D eigenvalue weighted by atomic mass is 16.3. The van der Waals surface area contributed by atoms with Crippen molar-refractivity contribution < 1.29 is 9.90 Å². The second-order valence-electron chi connectivity index (χ2n) is 5.43. The van der Waals surface area contributed by atoms with Crippen LogP contribution in [0.5, 0.6) is 0 Å². The van der Waals surface area contributed by atoms with E-state index in [-0.39, 0.29) is 24.7 Å². The second kappa shape index (κ2) is 5.09. The molecule has 0 unspecified atom stereocenters. The van der Waals surface area contributed by atoms with E-state index in [1.165, 1.54) is 9.30 Å². The number of pyridine rings is 1. The first-order valence-corrected chi connectivity index (χ1v) is 6.28. The third-order valence-electron chi connectivity index (χ3n) is 2.82. The number of fused-ring (bicyclic) bond motifs is 1. The molecule has 0 bridgehead atoms. The summed E-state index contributed by atoms with van der Waals surface area (Å²) in [5, 5.41) is 13.8. The van der Waals surface area contributed by atoms with Gasteiger partial charge in [-0.05, 0) is 26.0 Å². The zero-order valence-corrected chi connectivity index (χ0v) is 11.8. The summed E-state index contributed by atoms with van der Waals surface area (Å²) in [7, 11) is 1.58. The molecular weight excluding hydrogens is 260 g/mol. The Labute approximate surface area is 116 Å². The molecule has 1 N–H and O–H groups in total. The Morgan fingerprint density at radius 2 is 2.15 bits per heavy atom. The lowest BCUT2D eigenvalue weighted by Crippen LogP contribution is -2.42. The Balaban J connectivity index is 2.18. The average Bonchev–Trinajstić information content (AvgIpc) is 2.65. The summed E-state index contributed by atoms with van der Waals surface area (Å²) >= 11 is 0. The van der Waals surface area contributed by atoms with E-state index in [0.717, 1.165) is 4.68 Å². The first kappa shape index (κ1) is 14.3. The summed E-state index contributed by atoms with van der Waals surface area (Å²) in [6.07, 6.45) is 1.60. The van der Waals surface area contributed by atoms with Crippen LogP contribution in [0.2, 0.25) is 0 Å². The smallest absolute Gasteiger partial charge is 0.350 e. The van der Waals surface area contributed by atoms with Gasteiger partial charge in [0.05, 0.1) is 5.60 Å². The monoisotopic (exact) mass is 278 g/mol. The first-order valence-electron chi connectivity index (χ1n) is 6.28. The molecule has 0 saturated carbocycles. The summed E-state index contributed by atoms with van der Waals surface area (Å²) in [5.41, 5.74) is -0.838. The molecule has 0 aliphatic heterocycles. The molecule has 2 heterocycles. The van der Waals surface area contributed by atoms with E-state index in [1.807, 2.05) is 0 Å². The van der Waals surface area contributed by atoms with Crippen molar-refractivity contribution in [3.05, 3.63) is 34.9 Å². The van der Waals surface area contributed by atoms with Crippen molar-refractivity contribution >= 4 is 11.6 Å². The standard InChI is InChI=1S/C13H18N4O3/c1-13(2,20)9-15(3)11(18)8-17-12(19)16-7-5-4-6-10(16)14-17/h4-7,20H,8-9H2,1-3H3. The van der Waals surface area contributed by atoms with Crippen molar-refractivity contribution in [1.82, 2.24) is 19.1 Å². The van der Waals surface area contributed by atoms with Gasteiger partial charge in [-0.3, -0.25) is 9.20 Å². The summed E-state index contributed by atoms with van der Waals surface area (Å²) in [4.78, 5) is 25.4. The Bertz CT molecular complexity index is 681. The number of hydrogen-bond donors (Lipinski definition) is 1. The number of amides is 1. The predicted octanol–water partition coefficient (Wildman–Crippen LogP) is -0.275. The van der Waals surface area contributed by atoms with E-state index < -0.39 is 5.60 Å². The predicted molar refractivity (Wildman–Crippen MR) is 73.4 cm³/mol. The van der Waals surface area contributed by atoms with Gasteiger partial charge in [-0.25, -0.2) is 9.48 Å². The molecule has 0 fully saturated rings. The molecule has 0 atom stereocenters. The minimum absolute atomic E-state index is 0.146. The summed E-state index contributed by atoms with van der Waals surface area (Å²) < 4.78 is 2.50. The van der Waals surface area contributed by atoms with Crippen molar-refractivity contribution in [2.75, 3.05) is 13.6 Å². The number of aliphatic hydroxyl groups is 1. The molecule has 20 heavy (non-hydrogen) atoms. The van der Waals surface area contributed by atoms with Crippen LogP contribution < -0.4 is 5.69 Å². The molecule has 108 valence electrons. The van der Waals surface area contributed by atoms with Crippen LogP contribution >= 0.6 is 0 Å². The molecule has 2 rings (SSSR count). The maximum Gasteiger partial charge on any atom is 0.350 e. The topological polar surface area (TPSA) is 79.8 Å². The van der Waals surface area contributed by atoms with Crippen molar-refractivity contribution in [3.63, 3.8) is 0 Å². The fraction of sp³-hybridized carbons (Fsp3) is 0.462. The molecule has 0 spiro atoms. The van der Waals surface area contributed by atoms with Crippen LogP contribution in [0.25, 0.3) is 5.65 Å². The van der Waals surface area contributed by atoms with Crippen molar-refractivity contribution in [2.45, 2.75) is 26.0 Å². The number of carbonyl (C=O) groups excluding carboxylic acids is 1. The quantitative estimate of drug-likeness (QED) is 0.834. The molecule has 2 aromatic rings. The number of carbonyl (C=O) groups is 1. The van der Waals surface area contributed by atoms with Crippen LogP contribution in [0.1, 0.15) is 13.8 Å². The molecule has 0 aliphatic rings. The summed E-state index contributed by atoms with van der Waals surface area (Å²) in [6, 6.07) is 5.19. The average molecular weight is 278 g/mol. The van der Waals surface area contributed by atoms with Gasteiger partial charge in [0.15, 0.2) is 5.65 Å². The highest BCUT2D eigenvalue weighted by Crippen LogP contribution is 2.04. The van der Waals surface area contributed by atoms with Gasteiger partial charge >= 0.3 is 5.69 Å². The second-order valence-corrected chi connectivity index (χ2v) is 5.43.